The summed E-state index contributed by atoms with van der Waals surface area (Å²) < 4.78 is 13.2. The minimum Gasteiger partial charge on any atom is -0.337 e. The average molecular weight is 263 g/mol. The van der Waals surface area contributed by atoms with Crippen molar-refractivity contribution in [2.75, 3.05) is 5.32 Å². The fourth-order valence-corrected chi connectivity index (χ4v) is 1.78. The van der Waals surface area contributed by atoms with Gasteiger partial charge in [-0.25, -0.2) is 9.37 Å². The number of aromatic nitrogens is 3. The number of anilines is 2. The van der Waals surface area contributed by atoms with Gasteiger partial charge in [-0.05, 0) is 30.3 Å². The molecule has 3 aromatic rings. The van der Waals surface area contributed by atoms with E-state index in [1.54, 1.807) is 24.4 Å². The zero-order chi connectivity index (χ0) is 12.5. The molecule has 0 saturated heterocycles. The molecule has 2 N–H and O–H groups in total. The van der Waals surface area contributed by atoms with Crippen molar-refractivity contribution in [2.24, 2.45) is 0 Å². The van der Waals surface area contributed by atoms with Gasteiger partial charge >= 0.3 is 0 Å². The third-order valence-corrected chi connectivity index (χ3v) is 2.74. The molecule has 2 heterocycles. The molecule has 4 nitrogen and oxygen atoms in total. The Morgan fingerprint density at radius 2 is 2.11 bits per heavy atom. The number of fused-ring (bicyclic) bond motifs is 1. The van der Waals surface area contributed by atoms with Gasteiger partial charge in [0.2, 0.25) is 0 Å². The van der Waals surface area contributed by atoms with Crippen molar-refractivity contribution in [3.05, 3.63) is 47.5 Å². The SMILES string of the molecule is Fc1ccc2[nH]nc(Nc3ccc(Cl)nc3)c2c1. The lowest BCUT2D eigenvalue weighted by molar-refractivity contribution is 0.630. The zero-order valence-electron chi connectivity index (χ0n) is 9.11. The zero-order valence-corrected chi connectivity index (χ0v) is 9.87. The van der Waals surface area contributed by atoms with Gasteiger partial charge in [0, 0.05) is 5.39 Å². The van der Waals surface area contributed by atoms with E-state index < -0.39 is 0 Å². The highest BCUT2D eigenvalue weighted by atomic mass is 35.5. The standard InChI is InChI=1S/C12H8ClFN4/c13-11-4-2-8(6-15-11)16-12-9-5-7(14)1-3-10(9)17-18-12/h1-6H,(H2,16,17,18). The summed E-state index contributed by atoms with van der Waals surface area (Å²) in [6.45, 7) is 0. The first kappa shape index (κ1) is 11.0. The molecule has 0 atom stereocenters. The van der Waals surface area contributed by atoms with E-state index in [1.165, 1.54) is 12.1 Å². The van der Waals surface area contributed by atoms with Crippen molar-refractivity contribution in [3.63, 3.8) is 0 Å². The maximum Gasteiger partial charge on any atom is 0.160 e. The predicted octanol–water partition coefficient (Wildman–Crippen LogP) is 3.49. The molecule has 0 fully saturated rings. The van der Waals surface area contributed by atoms with E-state index in [1.807, 2.05) is 0 Å². The van der Waals surface area contributed by atoms with Gasteiger partial charge in [-0.2, -0.15) is 5.10 Å². The van der Waals surface area contributed by atoms with E-state index in [2.05, 4.69) is 20.5 Å². The average Bonchev–Trinajstić information content (AvgIpc) is 2.75. The summed E-state index contributed by atoms with van der Waals surface area (Å²) in [4.78, 5) is 3.95. The molecule has 2 aromatic heterocycles. The Kier molecular flexibility index (Phi) is 2.60. The van der Waals surface area contributed by atoms with Crippen molar-refractivity contribution < 1.29 is 4.39 Å². The highest BCUT2D eigenvalue weighted by Crippen LogP contribution is 2.24. The first-order chi connectivity index (χ1) is 8.72. The Balaban J connectivity index is 1.99. The second-order valence-corrected chi connectivity index (χ2v) is 4.14. The molecule has 0 aliphatic rings. The van der Waals surface area contributed by atoms with Crippen LogP contribution >= 0.6 is 11.6 Å². The first-order valence-electron chi connectivity index (χ1n) is 5.24. The first-order valence-corrected chi connectivity index (χ1v) is 5.62. The largest absolute Gasteiger partial charge is 0.337 e. The van der Waals surface area contributed by atoms with Crippen LogP contribution in [0.2, 0.25) is 5.15 Å². The van der Waals surface area contributed by atoms with Crippen LogP contribution in [0.1, 0.15) is 0 Å². The molecular weight excluding hydrogens is 255 g/mol. The van der Waals surface area contributed by atoms with Crippen LogP contribution < -0.4 is 5.32 Å². The van der Waals surface area contributed by atoms with Crippen molar-refractivity contribution in [3.8, 4) is 0 Å². The predicted molar refractivity (Wildman–Crippen MR) is 68.6 cm³/mol. The van der Waals surface area contributed by atoms with Crippen molar-refractivity contribution in [1.29, 1.82) is 0 Å². The van der Waals surface area contributed by atoms with Crippen LogP contribution in [0.5, 0.6) is 0 Å². The number of H-pyrrole nitrogens is 1. The molecule has 0 bridgehead atoms. The molecule has 0 spiro atoms. The van der Waals surface area contributed by atoms with Crippen LogP contribution in [0.15, 0.2) is 36.5 Å². The Morgan fingerprint density at radius 3 is 2.89 bits per heavy atom. The molecular formula is C12H8ClFN4. The van der Waals surface area contributed by atoms with Crippen LogP contribution in [0, 0.1) is 5.82 Å². The van der Waals surface area contributed by atoms with Gasteiger partial charge in [-0.1, -0.05) is 11.6 Å². The number of benzene rings is 1. The molecule has 6 heteroatoms. The Hall–Kier alpha value is -2.14. The van der Waals surface area contributed by atoms with Crippen LogP contribution in [0.3, 0.4) is 0 Å². The molecule has 0 radical (unpaired) electrons. The summed E-state index contributed by atoms with van der Waals surface area (Å²) in [6.07, 6.45) is 1.59. The topological polar surface area (TPSA) is 53.6 Å². The van der Waals surface area contributed by atoms with E-state index in [-0.39, 0.29) is 5.82 Å². The smallest absolute Gasteiger partial charge is 0.160 e. The summed E-state index contributed by atoms with van der Waals surface area (Å²) in [7, 11) is 0. The normalized spacial score (nSPS) is 10.8. The van der Waals surface area contributed by atoms with Gasteiger partial charge in [0.25, 0.3) is 0 Å². The second-order valence-electron chi connectivity index (χ2n) is 3.76. The summed E-state index contributed by atoms with van der Waals surface area (Å²) >= 11 is 5.70. The Bertz CT molecular complexity index is 693. The van der Waals surface area contributed by atoms with Crippen molar-refractivity contribution >= 4 is 34.0 Å². The van der Waals surface area contributed by atoms with Crippen LogP contribution in [-0.4, -0.2) is 15.2 Å². The number of hydrogen-bond acceptors (Lipinski definition) is 3. The van der Waals surface area contributed by atoms with Crippen LogP contribution in [0.25, 0.3) is 10.9 Å². The summed E-state index contributed by atoms with van der Waals surface area (Å²) in [5.41, 5.74) is 1.50. The number of nitrogens with one attached hydrogen (secondary N) is 2. The van der Waals surface area contributed by atoms with Gasteiger partial charge in [-0.3, -0.25) is 5.10 Å². The monoisotopic (exact) mass is 262 g/mol. The summed E-state index contributed by atoms with van der Waals surface area (Å²) in [5, 5.41) is 11.1. The van der Waals surface area contributed by atoms with Crippen LogP contribution in [0.4, 0.5) is 15.9 Å². The molecule has 0 unspecified atom stereocenters. The van der Waals surface area contributed by atoms with Gasteiger partial charge < -0.3 is 5.32 Å². The van der Waals surface area contributed by atoms with Gasteiger partial charge in [0.15, 0.2) is 5.82 Å². The summed E-state index contributed by atoms with van der Waals surface area (Å²) in [6, 6.07) is 7.88. The van der Waals surface area contributed by atoms with Crippen molar-refractivity contribution in [1.82, 2.24) is 15.2 Å². The maximum absolute atomic E-state index is 13.2. The maximum atomic E-state index is 13.2. The lowest BCUT2D eigenvalue weighted by atomic mass is 10.2. The van der Waals surface area contributed by atoms with Gasteiger partial charge in [-0.15, -0.1) is 0 Å². The van der Waals surface area contributed by atoms with E-state index in [0.29, 0.717) is 16.4 Å². The van der Waals surface area contributed by atoms with E-state index >= 15 is 0 Å². The number of halogens is 2. The fraction of sp³-hybridized carbons (Fsp3) is 0. The minimum atomic E-state index is -0.304. The number of nitrogens with zero attached hydrogens (tertiary/aromatic N) is 2. The molecule has 0 saturated carbocycles. The lowest BCUT2D eigenvalue weighted by Crippen LogP contribution is -1.91. The van der Waals surface area contributed by atoms with Crippen molar-refractivity contribution in [2.45, 2.75) is 0 Å². The molecule has 90 valence electrons. The third-order valence-electron chi connectivity index (χ3n) is 2.52. The third kappa shape index (κ3) is 2.00. The molecule has 0 amide bonds. The lowest BCUT2D eigenvalue weighted by Gasteiger charge is -2.02. The Labute approximate surface area is 107 Å². The van der Waals surface area contributed by atoms with E-state index in [4.69, 9.17) is 11.6 Å². The number of pyridine rings is 1. The highest BCUT2D eigenvalue weighted by Gasteiger charge is 2.06. The van der Waals surface area contributed by atoms with Gasteiger partial charge in [0.05, 0.1) is 17.4 Å². The molecule has 3 rings (SSSR count). The molecule has 0 aliphatic heterocycles. The molecule has 1 aromatic carbocycles. The summed E-state index contributed by atoms with van der Waals surface area (Å²) in [5.74, 6) is 0.245. The molecule has 0 aliphatic carbocycles. The van der Waals surface area contributed by atoms with E-state index in [0.717, 1.165) is 11.2 Å². The fourth-order valence-electron chi connectivity index (χ4n) is 1.67. The van der Waals surface area contributed by atoms with Crippen LogP contribution in [-0.2, 0) is 0 Å². The van der Waals surface area contributed by atoms with Gasteiger partial charge in [0.1, 0.15) is 11.0 Å². The Morgan fingerprint density at radius 1 is 1.22 bits per heavy atom. The quantitative estimate of drug-likeness (QED) is 0.695. The highest BCUT2D eigenvalue weighted by molar-refractivity contribution is 6.29. The second kappa shape index (κ2) is 4.27. The minimum absolute atomic E-state index is 0.304. The molecule has 18 heavy (non-hydrogen) atoms. The van der Waals surface area contributed by atoms with E-state index in [9.17, 15) is 4.39 Å². The number of rotatable bonds is 2. The number of aromatic amines is 1. The number of hydrogen-bond donors (Lipinski definition) is 2.